The zero-order valence-electron chi connectivity index (χ0n) is 16.0. The fourth-order valence-electron chi connectivity index (χ4n) is 3.18. The maximum absolute atomic E-state index is 12.2. The normalized spacial score (nSPS) is 11.6. The number of aromatic nitrogens is 1. The minimum absolute atomic E-state index is 0.0270. The van der Waals surface area contributed by atoms with Gasteiger partial charge >= 0.3 is 0 Å². The van der Waals surface area contributed by atoms with Gasteiger partial charge in [-0.05, 0) is 54.1 Å². The number of halogens is 2. The van der Waals surface area contributed by atoms with Crippen LogP contribution >= 0.6 is 23.2 Å². The number of benzene rings is 3. The summed E-state index contributed by atoms with van der Waals surface area (Å²) in [7, 11) is -3.32. The Bertz CT molecular complexity index is 1350. The fourth-order valence-corrected chi connectivity index (χ4v) is 4.54. The molecule has 7 heteroatoms. The van der Waals surface area contributed by atoms with Crippen LogP contribution in [0.25, 0.3) is 22.0 Å². The Labute approximate surface area is 185 Å². The van der Waals surface area contributed by atoms with E-state index in [9.17, 15) is 8.42 Å². The van der Waals surface area contributed by atoms with Crippen LogP contribution in [0.4, 0.5) is 0 Å². The molecule has 0 spiro atoms. The SMILES string of the molecule is CCS(=O)(=O)c1cccc(Oc2ccc(Cl)c(-c3ccnc4c(Cl)cccc34)c2)c1. The van der Waals surface area contributed by atoms with Gasteiger partial charge in [-0.25, -0.2) is 8.42 Å². The van der Waals surface area contributed by atoms with Gasteiger partial charge in [-0.3, -0.25) is 4.98 Å². The highest BCUT2D eigenvalue weighted by Crippen LogP contribution is 2.37. The average Bonchev–Trinajstić information content (AvgIpc) is 2.75. The lowest BCUT2D eigenvalue weighted by atomic mass is 10.0. The lowest BCUT2D eigenvalue weighted by Crippen LogP contribution is -2.03. The standard InChI is InChI=1S/C23H17Cl2NO3S/c1-2-30(27,28)17-6-3-5-15(13-17)29-16-9-10-21(24)20(14-16)18-11-12-26-23-19(18)7-4-8-22(23)25/h3-14H,2H2,1H3. The highest BCUT2D eigenvalue weighted by atomic mass is 35.5. The van der Waals surface area contributed by atoms with Crippen molar-refractivity contribution < 1.29 is 13.2 Å². The van der Waals surface area contributed by atoms with Crippen molar-refractivity contribution in [3.05, 3.63) is 83.0 Å². The molecule has 0 aliphatic rings. The number of fused-ring (bicyclic) bond motifs is 1. The summed E-state index contributed by atoms with van der Waals surface area (Å²) in [6.45, 7) is 1.61. The summed E-state index contributed by atoms with van der Waals surface area (Å²) in [4.78, 5) is 4.59. The van der Waals surface area contributed by atoms with Gasteiger partial charge in [0.2, 0.25) is 0 Å². The Hall–Kier alpha value is -2.60. The number of nitrogens with zero attached hydrogens (tertiary/aromatic N) is 1. The molecular formula is C23H17Cl2NO3S. The zero-order valence-corrected chi connectivity index (χ0v) is 18.3. The molecule has 3 aromatic carbocycles. The van der Waals surface area contributed by atoms with Crippen LogP contribution in [0, 0.1) is 0 Å². The van der Waals surface area contributed by atoms with Crippen molar-refractivity contribution in [3.63, 3.8) is 0 Å². The van der Waals surface area contributed by atoms with Crippen LogP contribution in [0.5, 0.6) is 11.5 Å². The monoisotopic (exact) mass is 457 g/mol. The van der Waals surface area contributed by atoms with Gasteiger partial charge in [-0.15, -0.1) is 0 Å². The molecule has 152 valence electrons. The summed E-state index contributed by atoms with van der Waals surface area (Å²) in [6, 6.07) is 19.2. The van der Waals surface area contributed by atoms with Crippen LogP contribution in [0.3, 0.4) is 0 Å². The minimum atomic E-state index is -3.32. The first-order valence-corrected chi connectivity index (χ1v) is 11.6. The van der Waals surface area contributed by atoms with Crippen LogP contribution in [-0.4, -0.2) is 19.2 Å². The van der Waals surface area contributed by atoms with E-state index in [0.29, 0.717) is 27.1 Å². The molecule has 4 rings (SSSR count). The van der Waals surface area contributed by atoms with Gasteiger partial charge in [0, 0.05) is 22.2 Å². The highest BCUT2D eigenvalue weighted by Gasteiger charge is 2.14. The predicted molar refractivity (Wildman–Crippen MR) is 121 cm³/mol. The number of hydrogen-bond acceptors (Lipinski definition) is 4. The topological polar surface area (TPSA) is 56.3 Å². The van der Waals surface area contributed by atoms with E-state index >= 15 is 0 Å². The van der Waals surface area contributed by atoms with Gasteiger partial charge in [0.15, 0.2) is 9.84 Å². The van der Waals surface area contributed by atoms with Crippen molar-refractivity contribution in [1.29, 1.82) is 0 Å². The van der Waals surface area contributed by atoms with E-state index < -0.39 is 9.84 Å². The van der Waals surface area contributed by atoms with E-state index in [1.165, 1.54) is 6.07 Å². The smallest absolute Gasteiger partial charge is 0.178 e. The van der Waals surface area contributed by atoms with E-state index in [1.807, 2.05) is 24.3 Å². The van der Waals surface area contributed by atoms with E-state index in [2.05, 4.69) is 4.98 Å². The number of rotatable bonds is 5. The largest absolute Gasteiger partial charge is 0.457 e. The molecule has 0 fully saturated rings. The molecule has 0 radical (unpaired) electrons. The van der Waals surface area contributed by atoms with Crippen LogP contribution in [0.1, 0.15) is 6.92 Å². The molecule has 0 bridgehead atoms. The lowest BCUT2D eigenvalue weighted by Gasteiger charge is -2.12. The van der Waals surface area contributed by atoms with E-state index in [1.54, 1.807) is 49.5 Å². The van der Waals surface area contributed by atoms with E-state index in [4.69, 9.17) is 27.9 Å². The molecule has 4 nitrogen and oxygen atoms in total. The third kappa shape index (κ3) is 4.01. The maximum Gasteiger partial charge on any atom is 0.178 e. The Morgan fingerprint density at radius 3 is 2.43 bits per heavy atom. The molecule has 0 N–H and O–H groups in total. The summed E-state index contributed by atoms with van der Waals surface area (Å²) in [5.74, 6) is 0.993. The summed E-state index contributed by atoms with van der Waals surface area (Å²) in [6.07, 6.45) is 1.69. The first-order valence-electron chi connectivity index (χ1n) is 9.23. The lowest BCUT2D eigenvalue weighted by molar-refractivity contribution is 0.481. The second-order valence-corrected chi connectivity index (χ2v) is 9.71. The third-order valence-electron chi connectivity index (χ3n) is 4.73. The van der Waals surface area contributed by atoms with E-state index in [-0.39, 0.29) is 10.6 Å². The second-order valence-electron chi connectivity index (χ2n) is 6.62. The summed E-state index contributed by atoms with van der Waals surface area (Å²) in [5.41, 5.74) is 2.33. The van der Waals surface area contributed by atoms with Crippen molar-refractivity contribution >= 4 is 43.9 Å². The van der Waals surface area contributed by atoms with Gasteiger partial charge in [0.1, 0.15) is 11.5 Å². The number of ether oxygens (including phenoxy) is 1. The molecule has 0 aliphatic carbocycles. The summed E-state index contributed by atoms with van der Waals surface area (Å²) in [5, 5.41) is 1.99. The molecule has 30 heavy (non-hydrogen) atoms. The Balaban J connectivity index is 1.76. The van der Waals surface area contributed by atoms with Crippen molar-refractivity contribution in [2.45, 2.75) is 11.8 Å². The molecule has 0 saturated heterocycles. The minimum Gasteiger partial charge on any atom is -0.457 e. The Kier molecular flexibility index (Phi) is 5.69. The second kappa shape index (κ2) is 8.26. The number of para-hydroxylation sites is 1. The van der Waals surface area contributed by atoms with Crippen molar-refractivity contribution in [1.82, 2.24) is 4.98 Å². The number of hydrogen-bond donors (Lipinski definition) is 0. The summed E-state index contributed by atoms with van der Waals surface area (Å²) < 4.78 is 30.3. The van der Waals surface area contributed by atoms with Gasteiger partial charge in [0.25, 0.3) is 0 Å². The Morgan fingerprint density at radius 1 is 0.867 bits per heavy atom. The third-order valence-corrected chi connectivity index (χ3v) is 7.10. The first-order chi connectivity index (χ1) is 14.4. The molecule has 0 saturated carbocycles. The highest BCUT2D eigenvalue weighted by molar-refractivity contribution is 7.91. The predicted octanol–water partition coefficient (Wildman–Crippen LogP) is 6.79. The van der Waals surface area contributed by atoms with Crippen LogP contribution in [0.2, 0.25) is 10.0 Å². The van der Waals surface area contributed by atoms with Gasteiger partial charge in [-0.2, -0.15) is 0 Å². The molecular weight excluding hydrogens is 441 g/mol. The van der Waals surface area contributed by atoms with Gasteiger partial charge in [0.05, 0.1) is 21.2 Å². The van der Waals surface area contributed by atoms with Crippen molar-refractivity contribution in [2.24, 2.45) is 0 Å². The number of pyridine rings is 1. The van der Waals surface area contributed by atoms with Crippen LogP contribution in [0.15, 0.2) is 77.8 Å². The van der Waals surface area contributed by atoms with E-state index in [0.717, 1.165) is 16.5 Å². The molecule has 0 unspecified atom stereocenters. The molecule has 4 aromatic rings. The Morgan fingerprint density at radius 2 is 1.63 bits per heavy atom. The van der Waals surface area contributed by atoms with Gasteiger partial charge < -0.3 is 4.74 Å². The molecule has 1 heterocycles. The van der Waals surface area contributed by atoms with Crippen molar-refractivity contribution in [3.8, 4) is 22.6 Å². The van der Waals surface area contributed by atoms with Crippen LogP contribution in [-0.2, 0) is 9.84 Å². The average molecular weight is 458 g/mol. The van der Waals surface area contributed by atoms with Gasteiger partial charge in [-0.1, -0.05) is 48.3 Å². The fraction of sp³-hybridized carbons (Fsp3) is 0.0870. The maximum atomic E-state index is 12.2. The molecule has 0 amide bonds. The van der Waals surface area contributed by atoms with Crippen molar-refractivity contribution in [2.75, 3.05) is 5.75 Å². The summed E-state index contributed by atoms with van der Waals surface area (Å²) >= 11 is 12.8. The zero-order chi connectivity index (χ0) is 21.3. The van der Waals surface area contributed by atoms with Crippen LogP contribution < -0.4 is 4.74 Å². The first kappa shape index (κ1) is 20.7. The molecule has 0 aliphatic heterocycles. The molecule has 1 aromatic heterocycles. The quantitative estimate of drug-likeness (QED) is 0.330. The molecule has 0 atom stereocenters. The number of sulfone groups is 1.